The first-order chi connectivity index (χ1) is 8.91. The third kappa shape index (κ3) is 2.37. The molecule has 0 aromatic carbocycles. The van der Waals surface area contributed by atoms with E-state index in [2.05, 4.69) is 24.3 Å². The average molecular weight is 267 g/mol. The van der Waals surface area contributed by atoms with Crippen molar-refractivity contribution in [1.82, 2.24) is 15.1 Å². The van der Waals surface area contributed by atoms with E-state index in [1.165, 1.54) is 0 Å². The lowest BCUT2D eigenvalue weighted by Crippen LogP contribution is -2.60. The van der Waals surface area contributed by atoms with Crippen LogP contribution in [0.3, 0.4) is 0 Å². The van der Waals surface area contributed by atoms with Gasteiger partial charge in [-0.3, -0.25) is 0 Å². The van der Waals surface area contributed by atoms with Crippen LogP contribution in [0.25, 0.3) is 0 Å². The lowest BCUT2D eigenvalue weighted by atomic mass is 9.64. The largest absolute Gasteiger partial charge is 0.481 e. The minimum Gasteiger partial charge on any atom is -0.481 e. The lowest BCUT2D eigenvalue weighted by molar-refractivity contribution is -0.0979. The number of hydrogen-bond donors (Lipinski definition) is 1. The van der Waals surface area contributed by atoms with Gasteiger partial charge >= 0.3 is 0 Å². The molecule has 0 aliphatic heterocycles. The van der Waals surface area contributed by atoms with E-state index in [0.29, 0.717) is 12.1 Å². The Bertz CT molecular complexity index is 454. The standard InChI is InChI=1S/C14H25N3O2/c1-9-10(13(19-6)17(4)16-9)8-15-11-7-12(18-5)14(11,2)3/h11-12,15H,7-8H2,1-6H3. The Hall–Kier alpha value is -1.07. The van der Waals surface area contributed by atoms with Crippen LogP contribution in [0.4, 0.5) is 0 Å². The Morgan fingerprint density at radius 3 is 2.63 bits per heavy atom. The molecule has 19 heavy (non-hydrogen) atoms. The molecule has 5 heteroatoms. The number of methoxy groups -OCH3 is 2. The molecule has 1 aliphatic carbocycles. The third-order valence-corrected chi connectivity index (χ3v) is 4.47. The summed E-state index contributed by atoms with van der Waals surface area (Å²) >= 11 is 0. The van der Waals surface area contributed by atoms with E-state index in [1.54, 1.807) is 18.9 Å². The molecule has 0 spiro atoms. The van der Waals surface area contributed by atoms with Gasteiger partial charge in [0.1, 0.15) is 0 Å². The van der Waals surface area contributed by atoms with Gasteiger partial charge < -0.3 is 14.8 Å². The molecule has 0 saturated heterocycles. The normalized spacial score (nSPS) is 25.2. The molecule has 1 fully saturated rings. The second-order valence-electron chi connectivity index (χ2n) is 5.91. The van der Waals surface area contributed by atoms with Crippen LogP contribution in [0.15, 0.2) is 0 Å². The average Bonchev–Trinajstić information content (AvgIpc) is 2.62. The molecular formula is C14H25N3O2. The molecule has 0 radical (unpaired) electrons. The van der Waals surface area contributed by atoms with E-state index in [1.807, 2.05) is 14.0 Å². The van der Waals surface area contributed by atoms with Gasteiger partial charge in [-0.25, -0.2) is 4.68 Å². The van der Waals surface area contributed by atoms with E-state index < -0.39 is 0 Å². The topological polar surface area (TPSA) is 48.3 Å². The monoisotopic (exact) mass is 267 g/mol. The predicted molar refractivity (Wildman–Crippen MR) is 74.3 cm³/mol. The van der Waals surface area contributed by atoms with Crippen LogP contribution >= 0.6 is 0 Å². The molecule has 1 heterocycles. The Kier molecular flexibility index (Phi) is 3.87. The summed E-state index contributed by atoms with van der Waals surface area (Å²) in [5.74, 6) is 0.838. The van der Waals surface area contributed by atoms with E-state index in [9.17, 15) is 0 Å². The summed E-state index contributed by atoms with van der Waals surface area (Å²) in [4.78, 5) is 0. The van der Waals surface area contributed by atoms with Crippen molar-refractivity contribution in [3.05, 3.63) is 11.3 Å². The Morgan fingerprint density at radius 2 is 2.11 bits per heavy atom. The Morgan fingerprint density at radius 1 is 1.42 bits per heavy atom. The van der Waals surface area contributed by atoms with Gasteiger partial charge in [0.15, 0.2) is 0 Å². The number of aryl methyl sites for hydroxylation is 2. The summed E-state index contributed by atoms with van der Waals surface area (Å²) in [5, 5.41) is 8.00. The maximum atomic E-state index is 5.48. The highest BCUT2D eigenvalue weighted by atomic mass is 16.5. The number of nitrogens with one attached hydrogen (secondary N) is 1. The third-order valence-electron chi connectivity index (χ3n) is 4.47. The van der Waals surface area contributed by atoms with Gasteiger partial charge in [0.2, 0.25) is 5.88 Å². The lowest BCUT2D eigenvalue weighted by Gasteiger charge is -2.51. The molecule has 2 atom stereocenters. The zero-order valence-electron chi connectivity index (χ0n) is 12.8. The summed E-state index contributed by atoms with van der Waals surface area (Å²) in [6, 6.07) is 0.474. The second kappa shape index (κ2) is 5.13. The molecule has 5 nitrogen and oxygen atoms in total. The maximum absolute atomic E-state index is 5.48. The molecule has 1 aromatic heterocycles. The van der Waals surface area contributed by atoms with Crippen molar-refractivity contribution >= 4 is 0 Å². The van der Waals surface area contributed by atoms with Crippen LogP contribution in [-0.4, -0.2) is 36.1 Å². The van der Waals surface area contributed by atoms with E-state index in [4.69, 9.17) is 9.47 Å². The molecule has 1 saturated carbocycles. The van der Waals surface area contributed by atoms with Crippen LogP contribution in [-0.2, 0) is 18.3 Å². The van der Waals surface area contributed by atoms with Gasteiger partial charge in [0.25, 0.3) is 0 Å². The molecular weight excluding hydrogens is 242 g/mol. The number of aromatic nitrogens is 2. The molecule has 108 valence electrons. The zero-order valence-corrected chi connectivity index (χ0v) is 12.8. The Balaban J connectivity index is 2.01. The summed E-state index contributed by atoms with van der Waals surface area (Å²) < 4.78 is 12.7. The molecule has 1 aliphatic rings. The summed E-state index contributed by atoms with van der Waals surface area (Å²) in [5.41, 5.74) is 2.34. The van der Waals surface area contributed by atoms with Crippen molar-refractivity contribution in [3.63, 3.8) is 0 Å². The summed E-state index contributed by atoms with van der Waals surface area (Å²) in [6.07, 6.45) is 1.41. The minimum absolute atomic E-state index is 0.179. The first-order valence-electron chi connectivity index (χ1n) is 6.74. The van der Waals surface area contributed by atoms with Crippen LogP contribution in [0.2, 0.25) is 0 Å². The molecule has 0 bridgehead atoms. The summed E-state index contributed by atoms with van der Waals surface area (Å²) in [7, 11) is 5.38. The van der Waals surface area contributed by atoms with Crippen LogP contribution in [0, 0.1) is 12.3 Å². The number of rotatable bonds is 5. The fraction of sp³-hybridized carbons (Fsp3) is 0.786. The van der Waals surface area contributed by atoms with Gasteiger partial charge in [-0.15, -0.1) is 0 Å². The van der Waals surface area contributed by atoms with Crippen molar-refractivity contribution in [2.45, 2.75) is 45.9 Å². The van der Waals surface area contributed by atoms with Crippen molar-refractivity contribution < 1.29 is 9.47 Å². The van der Waals surface area contributed by atoms with E-state index >= 15 is 0 Å². The molecule has 1 aromatic rings. The minimum atomic E-state index is 0.179. The van der Waals surface area contributed by atoms with Gasteiger partial charge in [0, 0.05) is 32.2 Å². The number of ether oxygens (including phenoxy) is 2. The summed E-state index contributed by atoms with van der Waals surface area (Å²) in [6.45, 7) is 7.29. The van der Waals surface area contributed by atoms with E-state index in [-0.39, 0.29) is 5.41 Å². The fourth-order valence-electron chi connectivity index (χ4n) is 3.00. The smallest absolute Gasteiger partial charge is 0.216 e. The maximum Gasteiger partial charge on any atom is 0.216 e. The van der Waals surface area contributed by atoms with Gasteiger partial charge in [0.05, 0.1) is 24.5 Å². The van der Waals surface area contributed by atoms with Crippen molar-refractivity contribution in [2.75, 3.05) is 14.2 Å². The molecule has 2 rings (SSSR count). The first kappa shape index (κ1) is 14.3. The zero-order chi connectivity index (χ0) is 14.2. The Labute approximate surface area is 115 Å². The van der Waals surface area contributed by atoms with Gasteiger partial charge in [-0.2, -0.15) is 5.10 Å². The predicted octanol–water partition coefficient (Wildman–Crippen LogP) is 1.64. The molecule has 2 unspecified atom stereocenters. The fourth-order valence-corrected chi connectivity index (χ4v) is 3.00. The molecule has 0 amide bonds. The number of hydrogen-bond acceptors (Lipinski definition) is 4. The highest BCUT2D eigenvalue weighted by Crippen LogP contribution is 2.42. The van der Waals surface area contributed by atoms with Crippen LogP contribution in [0.1, 0.15) is 31.5 Å². The van der Waals surface area contributed by atoms with E-state index in [0.717, 1.165) is 30.1 Å². The van der Waals surface area contributed by atoms with Gasteiger partial charge in [-0.1, -0.05) is 13.8 Å². The quantitative estimate of drug-likeness (QED) is 0.881. The second-order valence-corrected chi connectivity index (χ2v) is 5.91. The van der Waals surface area contributed by atoms with Crippen molar-refractivity contribution in [1.29, 1.82) is 0 Å². The van der Waals surface area contributed by atoms with Crippen LogP contribution in [0.5, 0.6) is 5.88 Å². The first-order valence-corrected chi connectivity index (χ1v) is 6.74. The van der Waals surface area contributed by atoms with Crippen molar-refractivity contribution in [2.24, 2.45) is 12.5 Å². The highest BCUT2D eigenvalue weighted by molar-refractivity contribution is 5.31. The highest BCUT2D eigenvalue weighted by Gasteiger charge is 2.48. The van der Waals surface area contributed by atoms with Gasteiger partial charge in [-0.05, 0) is 13.3 Å². The van der Waals surface area contributed by atoms with Crippen LogP contribution < -0.4 is 10.1 Å². The molecule has 1 N–H and O–H groups in total. The number of nitrogens with zero attached hydrogens (tertiary/aromatic N) is 2. The van der Waals surface area contributed by atoms with Crippen molar-refractivity contribution in [3.8, 4) is 5.88 Å². The SMILES string of the molecule is COc1c(CNC2CC(OC)C2(C)C)c(C)nn1C.